The van der Waals surface area contributed by atoms with E-state index in [1.165, 1.54) is 14.2 Å². The molecule has 0 aliphatic carbocycles. The molecule has 2 N–H and O–H groups in total. The van der Waals surface area contributed by atoms with Crippen molar-refractivity contribution in [2.45, 2.75) is 18.8 Å². The van der Waals surface area contributed by atoms with E-state index in [0.29, 0.717) is 17.2 Å². The summed E-state index contributed by atoms with van der Waals surface area (Å²) in [6, 6.07) is 3.38. The Morgan fingerprint density at radius 2 is 2.00 bits per heavy atom. The van der Waals surface area contributed by atoms with Crippen LogP contribution in [0, 0.1) is 0 Å². The summed E-state index contributed by atoms with van der Waals surface area (Å²) < 4.78 is 10.4. The molecule has 1 unspecified atom stereocenters. The van der Waals surface area contributed by atoms with E-state index in [0.717, 1.165) is 5.56 Å². The van der Waals surface area contributed by atoms with Crippen LogP contribution >= 0.6 is 0 Å². The molecule has 1 aliphatic heterocycles. The maximum absolute atomic E-state index is 11.6. The van der Waals surface area contributed by atoms with Crippen LogP contribution in [0.3, 0.4) is 0 Å². The highest BCUT2D eigenvalue weighted by molar-refractivity contribution is 5.95. The fraction of sp³-hybridized carbons (Fsp3) is 0.385. The van der Waals surface area contributed by atoms with Crippen LogP contribution in [0.25, 0.3) is 0 Å². The number of methoxy groups -OCH3 is 2. The van der Waals surface area contributed by atoms with Gasteiger partial charge in [0, 0.05) is 24.1 Å². The van der Waals surface area contributed by atoms with Crippen LogP contribution in [0.15, 0.2) is 12.1 Å². The maximum atomic E-state index is 11.6. The Bertz CT molecular complexity index is 526. The number of anilines is 1. The van der Waals surface area contributed by atoms with Crippen LogP contribution < -0.4 is 14.8 Å². The van der Waals surface area contributed by atoms with Crippen molar-refractivity contribution in [3.05, 3.63) is 17.7 Å². The molecule has 1 atom stereocenters. The highest BCUT2D eigenvalue weighted by atomic mass is 16.5. The summed E-state index contributed by atoms with van der Waals surface area (Å²) in [6.07, 6.45) is 0.0741. The van der Waals surface area contributed by atoms with Crippen LogP contribution in [0.1, 0.15) is 24.3 Å². The molecular weight excluding hydrogens is 250 g/mol. The van der Waals surface area contributed by atoms with Gasteiger partial charge in [-0.2, -0.15) is 0 Å². The van der Waals surface area contributed by atoms with E-state index in [1.54, 1.807) is 12.1 Å². The second kappa shape index (κ2) is 5.17. The minimum Gasteiger partial charge on any atom is -0.493 e. The first-order valence-electron chi connectivity index (χ1n) is 5.82. The van der Waals surface area contributed by atoms with Crippen LogP contribution in [0.4, 0.5) is 5.69 Å². The second-order valence-corrected chi connectivity index (χ2v) is 4.34. The number of nitrogens with one attached hydrogen (secondary N) is 1. The molecule has 1 heterocycles. The topological polar surface area (TPSA) is 84.9 Å². The Morgan fingerprint density at radius 1 is 1.37 bits per heavy atom. The monoisotopic (exact) mass is 265 g/mol. The van der Waals surface area contributed by atoms with Crippen LogP contribution in [0.5, 0.6) is 11.5 Å². The molecule has 102 valence electrons. The predicted octanol–water partition coefficient (Wildman–Crippen LogP) is 1.60. The van der Waals surface area contributed by atoms with Crippen molar-refractivity contribution < 1.29 is 24.2 Å². The van der Waals surface area contributed by atoms with Gasteiger partial charge in [-0.05, 0) is 11.6 Å². The number of carboxylic acid groups (broad SMARTS) is 1. The third-order valence-corrected chi connectivity index (χ3v) is 3.12. The lowest BCUT2D eigenvalue weighted by Gasteiger charge is -2.25. The third-order valence-electron chi connectivity index (χ3n) is 3.12. The fourth-order valence-corrected chi connectivity index (χ4v) is 2.27. The predicted molar refractivity (Wildman–Crippen MR) is 67.8 cm³/mol. The van der Waals surface area contributed by atoms with E-state index >= 15 is 0 Å². The van der Waals surface area contributed by atoms with Gasteiger partial charge in [-0.15, -0.1) is 0 Å². The number of carbonyl (C=O) groups excluding carboxylic acids is 1. The average molecular weight is 265 g/mol. The fourth-order valence-electron chi connectivity index (χ4n) is 2.27. The van der Waals surface area contributed by atoms with E-state index in [-0.39, 0.29) is 24.7 Å². The van der Waals surface area contributed by atoms with Crippen molar-refractivity contribution in [3.8, 4) is 11.5 Å². The molecule has 2 rings (SSSR count). The zero-order chi connectivity index (χ0) is 14.0. The third kappa shape index (κ3) is 2.62. The number of benzene rings is 1. The van der Waals surface area contributed by atoms with Gasteiger partial charge < -0.3 is 19.9 Å². The molecule has 1 amide bonds. The first-order valence-corrected chi connectivity index (χ1v) is 5.82. The Hall–Kier alpha value is -2.24. The Morgan fingerprint density at radius 3 is 2.58 bits per heavy atom. The molecule has 1 aliphatic rings. The van der Waals surface area contributed by atoms with E-state index in [2.05, 4.69) is 5.32 Å². The van der Waals surface area contributed by atoms with Crippen molar-refractivity contribution >= 4 is 17.6 Å². The number of aliphatic carboxylic acids is 1. The van der Waals surface area contributed by atoms with Gasteiger partial charge in [-0.3, -0.25) is 9.59 Å². The van der Waals surface area contributed by atoms with E-state index < -0.39 is 5.97 Å². The SMILES string of the molecule is COc1cc2c(cc1OC)C(CC(=O)O)CC(=O)N2. The number of carboxylic acids is 1. The first kappa shape index (κ1) is 13.2. The van der Waals surface area contributed by atoms with Gasteiger partial charge in [0.25, 0.3) is 0 Å². The summed E-state index contributed by atoms with van der Waals surface area (Å²) in [5.74, 6) is -0.447. The van der Waals surface area contributed by atoms with Crippen LogP contribution in [-0.4, -0.2) is 31.2 Å². The molecule has 0 aromatic heterocycles. The van der Waals surface area contributed by atoms with Crippen molar-refractivity contribution in [1.82, 2.24) is 0 Å². The van der Waals surface area contributed by atoms with E-state index in [4.69, 9.17) is 14.6 Å². The molecular formula is C13H15NO5. The van der Waals surface area contributed by atoms with Crippen molar-refractivity contribution in [2.24, 2.45) is 0 Å². The smallest absolute Gasteiger partial charge is 0.303 e. The van der Waals surface area contributed by atoms with Gasteiger partial charge in [0.15, 0.2) is 11.5 Å². The summed E-state index contributed by atoms with van der Waals surface area (Å²) in [7, 11) is 3.02. The minimum absolute atomic E-state index is 0.0874. The lowest BCUT2D eigenvalue weighted by Crippen LogP contribution is -2.24. The number of hydrogen-bond acceptors (Lipinski definition) is 4. The normalized spacial score (nSPS) is 17.4. The lowest BCUT2D eigenvalue weighted by atomic mass is 9.87. The van der Waals surface area contributed by atoms with Gasteiger partial charge in [0.2, 0.25) is 5.91 Å². The number of rotatable bonds is 4. The molecule has 0 radical (unpaired) electrons. The van der Waals surface area contributed by atoms with Crippen LogP contribution in [-0.2, 0) is 9.59 Å². The highest BCUT2D eigenvalue weighted by Gasteiger charge is 2.28. The van der Waals surface area contributed by atoms with Gasteiger partial charge in [0.1, 0.15) is 0 Å². The summed E-state index contributed by atoms with van der Waals surface area (Å²) in [4.78, 5) is 22.5. The Kier molecular flexibility index (Phi) is 3.59. The molecule has 0 fully saturated rings. The Labute approximate surface area is 110 Å². The minimum atomic E-state index is -0.930. The number of amides is 1. The molecule has 19 heavy (non-hydrogen) atoms. The zero-order valence-electron chi connectivity index (χ0n) is 10.7. The highest BCUT2D eigenvalue weighted by Crippen LogP contribution is 2.41. The second-order valence-electron chi connectivity index (χ2n) is 4.34. The lowest BCUT2D eigenvalue weighted by molar-refractivity contribution is -0.137. The zero-order valence-corrected chi connectivity index (χ0v) is 10.7. The molecule has 1 aromatic carbocycles. The maximum Gasteiger partial charge on any atom is 0.303 e. The van der Waals surface area contributed by atoms with E-state index in [1.807, 2.05) is 0 Å². The largest absolute Gasteiger partial charge is 0.493 e. The van der Waals surface area contributed by atoms with Crippen molar-refractivity contribution in [1.29, 1.82) is 0 Å². The van der Waals surface area contributed by atoms with Gasteiger partial charge >= 0.3 is 5.97 Å². The summed E-state index contributed by atoms with van der Waals surface area (Å²) in [5, 5.41) is 11.6. The molecule has 0 spiro atoms. The van der Waals surface area contributed by atoms with Crippen LogP contribution in [0.2, 0.25) is 0 Å². The molecule has 6 nitrogen and oxygen atoms in total. The first-order chi connectivity index (χ1) is 9.05. The van der Waals surface area contributed by atoms with E-state index in [9.17, 15) is 9.59 Å². The number of fused-ring (bicyclic) bond motifs is 1. The summed E-state index contributed by atoms with van der Waals surface area (Å²) in [6.45, 7) is 0. The molecule has 6 heteroatoms. The molecule has 0 saturated carbocycles. The van der Waals surface area contributed by atoms with Crippen molar-refractivity contribution in [3.63, 3.8) is 0 Å². The van der Waals surface area contributed by atoms with Gasteiger partial charge in [-0.25, -0.2) is 0 Å². The number of carbonyl (C=O) groups is 2. The van der Waals surface area contributed by atoms with Gasteiger partial charge in [-0.1, -0.05) is 0 Å². The number of hydrogen-bond donors (Lipinski definition) is 2. The molecule has 1 aromatic rings. The van der Waals surface area contributed by atoms with Crippen molar-refractivity contribution in [2.75, 3.05) is 19.5 Å². The summed E-state index contributed by atoms with van der Waals surface area (Å²) >= 11 is 0. The standard InChI is InChI=1S/C13H15NO5/c1-18-10-5-8-7(4-13(16)17)3-12(15)14-9(8)6-11(10)19-2/h5-7H,3-4H2,1-2H3,(H,14,15)(H,16,17). The molecule has 0 bridgehead atoms. The quantitative estimate of drug-likeness (QED) is 0.863. The average Bonchev–Trinajstić information content (AvgIpc) is 2.36. The van der Waals surface area contributed by atoms with Gasteiger partial charge in [0.05, 0.1) is 20.6 Å². The Balaban J connectivity index is 2.47. The number of ether oxygens (including phenoxy) is 2. The molecule has 0 saturated heterocycles. The summed E-state index contributed by atoms with van der Waals surface area (Å²) in [5.41, 5.74) is 1.35.